The summed E-state index contributed by atoms with van der Waals surface area (Å²) in [6, 6.07) is -0.840. The number of carbonyl (C=O) groups is 1. The summed E-state index contributed by atoms with van der Waals surface area (Å²) < 4.78 is 20.5. The summed E-state index contributed by atoms with van der Waals surface area (Å²) in [5.74, 6) is -4.60. The number of aliphatic carboxylic acids is 1. The van der Waals surface area contributed by atoms with Crippen LogP contribution in [0.3, 0.4) is 0 Å². The molecular weight excluding hydrogens is 398 g/mol. The highest BCUT2D eigenvalue weighted by molar-refractivity contribution is 5.77. The highest BCUT2D eigenvalue weighted by atomic mass is 16.7. The van der Waals surface area contributed by atoms with Crippen molar-refractivity contribution in [2.24, 2.45) is 5.73 Å². The van der Waals surface area contributed by atoms with Gasteiger partial charge in [0.05, 0.1) is 25.9 Å². The van der Waals surface area contributed by atoms with Crippen LogP contribution in [-0.2, 0) is 23.7 Å². The largest absolute Gasteiger partial charge is 0.477 e. The van der Waals surface area contributed by atoms with Gasteiger partial charge in [-0.3, -0.25) is 0 Å². The predicted octanol–water partition coefficient (Wildman–Crippen LogP) is -4.77. The summed E-state index contributed by atoms with van der Waals surface area (Å²) in [7, 11) is 0. The summed E-state index contributed by atoms with van der Waals surface area (Å²) in [4.78, 5) is 11.7. The molecule has 29 heavy (non-hydrogen) atoms. The Morgan fingerprint density at radius 1 is 1.21 bits per heavy atom. The van der Waals surface area contributed by atoms with E-state index in [2.05, 4.69) is 6.58 Å². The number of aliphatic hydroxyl groups is 6. The molecule has 0 aromatic rings. The summed E-state index contributed by atoms with van der Waals surface area (Å²) in [5, 5.41) is 69.7. The van der Waals surface area contributed by atoms with Crippen molar-refractivity contribution in [3.05, 3.63) is 12.7 Å². The number of ether oxygens (including phenoxy) is 4. The molecular formula is C16H27NO12. The van der Waals surface area contributed by atoms with Crippen LogP contribution in [0.15, 0.2) is 12.7 Å². The van der Waals surface area contributed by atoms with Crippen LogP contribution in [0.1, 0.15) is 0 Å². The minimum atomic E-state index is -2.79. The van der Waals surface area contributed by atoms with E-state index in [0.717, 1.165) is 0 Å². The van der Waals surface area contributed by atoms with E-state index in [4.69, 9.17) is 24.7 Å². The monoisotopic (exact) mass is 425 g/mol. The van der Waals surface area contributed by atoms with Gasteiger partial charge in [-0.05, 0) is 0 Å². The molecule has 2 aliphatic rings. The van der Waals surface area contributed by atoms with Gasteiger partial charge >= 0.3 is 5.97 Å². The van der Waals surface area contributed by atoms with E-state index < -0.39 is 73.4 Å². The van der Waals surface area contributed by atoms with E-state index in [0.29, 0.717) is 0 Å². The van der Waals surface area contributed by atoms with Crippen LogP contribution in [-0.4, -0.2) is 122 Å². The van der Waals surface area contributed by atoms with Gasteiger partial charge in [0.1, 0.15) is 42.7 Å². The first-order valence-corrected chi connectivity index (χ1v) is 8.80. The fraction of sp³-hybridized carbons (Fsp3) is 0.812. The van der Waals surface area contributed by atoms with Gasteiger partial charge in [0.15, 0.2) is 6.29 Å². The van der Waals surface area contributed by atoms with Gasteiger partial charge in [-0.15, -0.1) is 6.58 Å². The van der Waals surface area contributed by atoms with Crippen LogP contribution in [0.4, 0.5) is 0 Å². The van der Waals surface area contributed by atoms with Crippen LogP contribution in [0.2, 0.25) is 0 Å². The molecule has 13 nitrogen and oxygen atoms in total. The molecule has 0 radical (unpaired) electrons. The normalized spacial score (nSPS) is 44.2. The molecule has 2 rings (SSSR count). The van der Waals surface area contributed by atoms with E-state index in [1.807, 2.05) is 0 Å². The van der Waals surface area contributed by atoms with Gasteiger partial charge in [0.25, 0.3) is 5.79 Å². The zero-order chi connectivity index (χ0) is 21.9. The van der Waals surface area contributed by atoms with Crippen molar-refractivity contribution in [3.8, 4) is 0 Å². The first-order chi connectivity index (χ1) is 13.6. The standard InChI is InChI=1S/C16H27NO12/c1-2-3-28-16(15(24)25)13(23)10(21)9(20)12(29-16)7(18)5-27-14-11(22)8(19)6(17)4-26-14/h2,6-14,18-23H,1,3-5,17H2,(H,24,25)/t6-,7+,8-,9+,10-,11+,12+,13-,14+,16+/m0/s1. The number of nitrogens with two attached hydrogens (primary N) is 1. The van der Waals surface area contributed by atoms with Crippen molar-refractivity contribution < 1.29 is 59.5 Å². The molecule has 10 atom stereocenters. The van der Waals surface area contributed by atoms with Crippen molar-refractivity contribution in [2.45, 2.75) is 60.8 Å². The first-order valence-electron chi connectivity index (χ1n) is 8.80. The van der Waals surface area contributed by atoms with Crippen molar-refractivity contribution in [1.82, 2.24) is 0 Å². The van der Waals surface area contributed by atoms with Gasteiger partial charge in [0, 0.05) is 0 Å². The lowest BCUT2D eigenvalue weighted by Gasteiger charge is -2.46. The van der Waals surface area contributed by atoms with Crippen molar-refractivity contribution in [2.75, 3.05) is 19.8 Å². The molecule has 0 aromatic carbocycles. The van der Waals surface area contributed by atoms with Gasteiger partial charge < -0.3 is 60.4 Å². The molecule has 168 valence electrons. The van der Waals surface area contributed by atoms with Crippen molar-refractivity contribution in [1.29, 1.82) is 0 Å². The summed E-state index contributed by atoms with van der Waals surface area (Å²) in [6.07, 6.45) is -12.7. The summed E-state index contributed by atoms with van der Waals surface area (Å²) in [6.45, 7) is 2.17. The Morgan fingerprint density at radius 2 is 1.86 bits per heavy atom. The van der Waals surface area contributed by atoms with E-state index in [9.17, 15) is 40.5 Å². The molecule has 2 fully saturated rings. The average Bonchev–Trinajstić information content (AvgIpc) is 2.69. The van der Waals surface area contributed by atoms with Gasteiger partial charge in [-0.25, -0.2) is 4.79 Å². The van der Waals surface area contributed by atoms with Crippen LogP contribution < -0.4 is 5.73 Å². The second-order valence-corrected chi connectivity index (χ2v) is 6.83. The van der Waals surface area contributed by atoms with Gasteiger partial charge in [-0.2, -0.15) is 0 Å². The van der Waals surface area contributed by atoms with E-state index in [1.165, 1.54) is 6.08 Å². The SMILES string of the molecule is C=CCO[C@@]1(C(=O)O)O[C@H]([C@H](O)CO[C@H]2OC[C@H](N)[C@H](O)[C@H]2O)[C@H](O)[C@H](O)[C@@H]1O. The van der Waals surface area contributed by atoms with Crippen LogP contribution >= 0.6 is 0 Å². The Kier molecular flexibility index (Phi) is 8.06. The topological polar surface area (TPSA) is 222 Å². The number of carboxylic acids is 1. The fourth-order valence-corrected chi connectivity index (χ4v) is 3.05. The molecule has 0 aromatic heterocycles. The number of rotatable bonds is 8. The van der Waals surface area contributed by atoms with E-state index >= 15 is 0 Å². The van der Waals surface area contributed by atoms with Gasteiger partial charge in [-0.1, -0.05) is 6.08 Å². The maximum absolute atomic E-state index is 11.7. The second kappa shape index (κ2) is 9.72. The second-order valence-electron chi connectivity index (χ2n) is 6.83. The molecule has 0 saturated carbocycles. The predicted molar refractivity (Wildman–Crippen MR) is 91.1 cm³/mol. The molecule has 2 saturated heterocycles. The number of carboxylic acid groups (broad SMARTS) is 1. The average molecular weight is 425 g/mol. The zero-order valence-electron chi connectivity index (χ0n) is 15.4. The smallest absolute Gasteiger partial charge is 0.367 e. The third-order valence-corrected chi connectivity index (χ3v) is 4.76. The Morgan fingerprint density at radius 3 is 2.45 bits per heavy atom. The third kappa shape index (κ3) is 4.76. The molecule has 0 bridgehead atoms. The van der Waals surface area contributed by atoms with Gasteiger partial charge in [0.2, 0.25) is 0 Å². The van der Waals surface area contributed by atoms with Crippen molar-refractivity contribution >= 4 is 5.97 Å². The zero-order valence-corrected chi connectivity index (χ0v) is 15.4. The minimum absolute atomic E-state index is 0.135. The molecule has 2 heterocycles. The molecule has 0 amide bonds. The lowest BCUT2D eigenvalue weighted by atomic mass is 9.90. The fourth-order valence-electron chi connectivity index (χ4n) is 3.05. The maximum Gasteiger partial charge on any atom is 0.367 e. The van der Waals surface area contributed by atoms with E-state index in [1.54, 1.807) is 0 Å². The molecule has 0 aliphatic carbocycles. The number of aliphatic hydroxyl groups excluding tert-OH is 6. The third-order valence-electron chi connectivity index (χ3n) is 4.76. The van der Waals surface area contributed by atoms with E-state index in [-0.39, 0.29) is 13.2 Å². The quantitative estimate of drug-likeness (QED) is 0.171. The first kappa shape index (κ1) is 24.0. The molecule has 2 aliphatic heterocycles. The Bertz CT molecular complexity index is 578. The van der Waals surface area contributed by atoms with Crippen LogP contribution in [0.25, 0.3) is 0 Å². The highest BCUT2D eigenvalue weighted by Crippen LogP contribution is 2.33. The lowest BCUT2D eigenvalue weighted by Crippen LogP contribution is -2.70. The Hall–Kier alpha value is -1.23. The van der Waals surface area contributed by atoms with Crippen LogP contribution in [0, 0.1) is 0 Å². The lowest BCUT2D eigenvalue weighted by molar-refractivity contribution is -0.359. The number of hydrogen-bond acceptors (Lipinski definition) is 12. The summed E-state index contributed by atoms with van der Waals surface area (Å²) in [5.41, 5.74) is 5.53. The maximum atomic E-state index is 11.7. The molecule has 9 N–H and O–H groups in total. The highest BCUT2D eigenvalue weighted by Gasteiger charge is 2.61. The minimum Gasteiger partial charge on any atom is -0.477 e. The Labute approximate surface area is 165 Å². The summed E-state index contributed by atoms with van der Waals surface area (Å²) >= 11 is 0. The van der Waals surface area contributed by atoms with Crippen molar-refractivity contribution in [3.63, 3.8) is 0 Å². The number of hydrogen-bond donors (Lipinski definition) is 8. The van der Waals surface area contributed by atoms with Crippen LogP contribution in [0.5, 0.6) is 0 Å². The molecule has 0 unspecified atom stereocenters. The molecule has 0 spiro atoms. The Balaban J connectivity index is 2.10. The molecule has 13 heteroatoms.